The Morgan fingerprint density at radius 2 is 0.786 bits per heavy atom. The van der Waals surface area contributed by atoms with Gasteiger partial charge >= 0.3 is 0 Å². The molecule has 6 nitrogen and oxygen atoms in total. The van der Waals surface area contributed by atoms with E-state index in [9.17, 15) is 19.8 Å². The first kappa shape index (κ1) is 35.9. The average Bonchev–Trinajstić information content (AvgIpc) is 2.80. The van der Waals surface area contributed by atoms with Crippen LogP contribution in [-0.2, 0) is 31.2 Å². The van der Waals surface area contributed by atoms with Gasteiger partial charge in [-0.15, -0.1) is 0 Å². The van der Waals surface area contributed by atoms with Crippen LogP contribution in [0.5, 0.6) is 11.5 Å². The second-order valence-corrected chi connectivity index (χ2v) is 17.8. The molecule has 42 heavy (non-hydrogen) atoms. The van der Waals surface area contributed by atoms with Crippen LogP contribution in [0.4, 0.5) is 11.4 Å². The number of phenols is 2. The first-order chi connectivity index (χ1) is 19.0. The molecule has 2 aromatic rings. The van der Waals surface area contributed by atoms with E-state index in [-0.39, 0.29) is 33.5 Å². The van der Waals surface area contributed by atoms with Gasteiger partial charge < -0.3 is 20.8 Å². The van der Waals surface area contributed by atoms with Gasteiger partial charge in [0.15, 0.2) is 0 Å². The van der Waals surface area contributed by atoms with Crippen molar-refractivity contribution in [3.05, 3.63) is 46.5 Å². The predicted octanol–water partition coefficient (Wildman–Crippen LogP) is 9.03. The van der Waals surface area contributed by atoms with Crippen molar-refractivity contribution in [3.63, 3.8) is 0 Å². The number of amides is 2. The second kappa shape index (κ2) is 13.5. The molecule has 0 bridgehead atoms. The SMILES string of the molecule is CC(C)(C)c1cc(NC(=O)CCSSCCC(=O)Nc2cc(C(C)(C)C)c(O)c(C(C)(C)C)c2)cc(C(C)(C)C)c1O. The third-order valence-corrected chi connectivity index (χ3v) is 9.34. The molecule has 0 aliphatic rings. The van der Waals surface area contributed by atoms with Crippen LogP contribution in [0.3, 0.4) is 0 Å². The molecule has 0 fully saturated rings. The molecule has 2 rings (SSSR count). The fraction of sp³-hybridized carbons (Fsp3) is 0.588. The van der Waals surface area contributed by atoms with Gasteiger partial charge in [0.05, 0.1) is 0 Å². The number of nitrogens with one attached hydrogen (secondary N) is 2. The third kappa shape index (κ3) is 10.1. The number of carbonyl (C=O) groups is 2. The van der Waals surface area contributed by atoms with Crippen LogP contribution in [0.25, 0.3) is 0 Å². The van der Waals surface area contributed by atoms with Gasteiger partial charge in [-0.1, -0.05) is 105 Å². The Morgan fingerprint density at radius 1 is 0.548 bits per heavy atom. The van der Waals surface area contributed by atoms with E-state index in [0.29, 0.717) is 47.2 Å². The predicted molar refractivity (Wildman–Crippen MR) is 182 cm³/mol. The number of hydrogen-bond donors (Lipinski definition) is 4. The van der Waals surface area contributed by atoms with Crippen molar-refractivity contribution in [1.29, 1.82) is 0 Å². The van der Waals surface area contributed by atoms with Crippen LogP contribution in [0.15, 0.2) is 24.3 Å². The zero-order valence-electron chi connectivity index (χ0n) is 27.7. The van der Waals surface area contributed by atoms with E-state index in [4.69, 9.17) is 0 Å². The molecule has 2 aromatic carbocycles. The third-order valence-electron chi connectivity index (χ3n) is 6.93. The number of anilines is 2. The first-order valence-corrected chi connectivity index (χ1v) is 17.1. The van der Waals surface area contributed by atoms with Gasteiger partial charge in [0, 0.05) is 58.0 Å². The molecule has 0 aliphatic carbocycles. The molecule has 0 saturated heterocycles. The number of rotatable bonds is 9. The van der Waals surface area contributed by atoms with E-state index < -0.39 is 0 Å². The zero-order valence-corrected chi connectivity index (χ0v) is 29.3. The van der Waals surface area contributed by atoms with E-state index in [1.165, 1.54) is 0 Å². The van der Waals surface area contributed by atoms with Crippen LogP contribution in [0.1, 0.15) is 118 Å². The van der Waals surface area contributed by atoms with Gasteiger partial charge in [-0.25, -0.2) is 0 Å². The minimum atomic E-state index is -0.268. The molecule has 4 N–H and O–H groups in total. The highest BCUT2D eigenvalue weighted by atomic mass is 33.1. The van der Waals surface area contributed by atoms with E-state index in [1.54, 1.807) is 21.6 Å². The van der Waals surface area contributed by atoms with Crippen molar-refractivity contribution >= 4 is 44.8 Å². The number of carbonyl (C=O) groups excluding carboxylic acids is 2. The highest BCUT2D eigenvalue weighted by molar-refractivity contribution is 8.76. The first-order valence-electron chi connectivity index (χ1n) is 14.6. The number of phenolic OH excluding ortho intramolecular Hbond substituents is 2. The summed E-state index contributed by atoms with van der Waals surface area (Å²) in [5.41, 5.74) is 3.56. The van der Waals surface area contributed by atoms with Crippen LogP contribution in [0.2, 0.25) is 0 Å². The lowest BCUT2D eigenvalue weighted by Gasteiger charge is -2.28. The summed E-state index contributed by atoms with van der Waals surface area (Å²) < 4.78 is 0. The van der Waals surface area contributed by atoms with Crippen molar-refractivity contribution in [1.82, 2.24) is 0 Å². The lowest BCUT2D eigenvalue weighted by Crippen LogP contribution is -2.19. The normalized spacial score (nSPS) is 12.8. The average molecular weight is 617 g/mol. The van der Waals surface area contributed by atoms with Gasteiger partial charge in [0.1, 0.15) is 11.5 Å². The summed E-state index contributed by atoms with van der Waals surface area (Å²) in [5, 5.41) is 27.8. The standard InChI is InChI=1S/C34H52N2O4S2/c1-31(2,3)23-17-21(18-24(29(23)39)32(4,5)6)35-27(37)13-15-41-42-16-14-28(38)36-22-19-25(33(7,8)9)30(40)26(20-22)34(10,11)12/h17-20,39-40H,13-16H2,1-12H3,(H,35,37)(H,36,38). The Bertz CT molecular complexity index is 1110. The summed E-state index contributed by atoms with van der Waals surface area (Å²) in [6.07, 6.45) is 0.693. The smallest absolute Gasteiger partial charge is 0.225 e. The maximum Gasteiger partial charge on any atom is 0.225 e. The molecular formula is C34H52N2O4S2. The van der Waals surface area contributed by atoms with Crippen molar-refractivity contribution < 1.29 is 19.8 Å². The van der Waals surface area contributed by atoms with Crippen molar-refractivity contribution in [2.75, 3.05) is 22.1 Å². The number of aromatic hydroxyl groups is 2. The second-order valence-electron chi connectivity index (χ2n) is 15.1. The monoisotopic (exact) mass is 616 g/mol. The molecule has 0 unspecified atom stereocenters. The number of hydrogen-bond acceptors (Lipinski definition) is 6. The topological polar surface area (TPSA) is 98.7 Å². The molecule has 0 aromatic heterocycles. The molecule has 0 heterocycles. The van der Waals surface area contributed by atoms with Gasteiger partial charge in [-0.3, -0.25) is 9.59 Å². The lowest BCUT2D eigenvalue weighted by molar-refractivity contribution is -0.116. The van der Waals surface area contributed by atoms with Gasteiger partial charge in [-0.05, 0) is 45.9 Å². The maximum absolute atomic E-state index is 12.7. The largest absolute Gasteiger partial charge is 0.507 e. The number of benzene rings is 2. The fourth-order valence-corrected chi connectivity index (χ4v) is 6.51. The zero-order chi connectivity index (χ0) is 32.3. The summed E-state index contributed by atoms with van der Waals surface area (Å²) >= 11 is 0. The van der Waals surface area contributed by atoms with E-state index in [0.717, 1.165) is 22.3 Å². The Hall–Kier alpha value is -2.32. The quantitative estimate of drug-likeness (QED) is 0.127. The summed E-state index contributed by atoms with van der Waals surface area (Å²) in [4.78, 5) is 25.4. The lowest BCUT2D eigenvalue weighted by atomic mass is 9.79. The van der Waals surface area contributed by atoms with Crippen LogP contribution in [-0.4, -0.2) is 33.5 Å². The summed E-state index contributed by atoms with van der Waals surface area (Å²) in [6, 6.07) is 7.47. The fourth-order valence-electron chi connectivity index (χ4n) is 4.53. The molecule has 0 aliphatic heterocycles. The molecule has 0 saturated carbocycles. The van der Waals surface area contributed by atoms with E-state index in [1.807, 2.05) is 107 Å². The van der Waals surface area contributed by atoms with Gasteiger partial charge in [0.2, 0.25) is 11.8 Å². The van der Waals surface area contributed by atoms with E-state index >= 15 is 0 Å². The summed E-state index contributed by atoms with van der Waals surface area (Å²) in [5.74, 6) is 1.66. The molecule has 0 spiro atoms. The van der Waals surface area contributed by atoms with Crippen molar-refractivity contribution in [2.45, 2.75) is 118 Å². The van der Waals surface area contributed by atoms with Gasteiger partial charge in [0.25, 0.3) is 0 Å². The maximum atomic E-state index is 12.7. The van der Waals surface area contributed by atoms with Crippen molar-refractivity contribution in [2.24, 2.45) is 0 Å². The molecule has 2 amide bonds. The van der Waals surface area contributed by atoms with Crippen molar-refractivity contribution in [3.8, 4) is 11.5 Å². The Kier molecular flexibility index (Phi) is 11.6. The molecular weight excluding hydrogens is 565 g/mol. The van der Waals surface area contributed by atoms with Gasteiger partial charge in [-0.2, -0.15) is 0 Å². The van der Waals surface area contributed by atoms with Crippen LogP contribution in [0, 0.1) is 0 Å². The molecule has 0 atom stereocenters. The van der Waals surface area contributed by atoms with Crippen LogP contribution >= 0.6 is 21.6 Å². The minimum absolute atomic E-state index is 0.0807. The van der Waals surface area contributed by atoms with Crippen LogP contribution < -0.4 is 10.6 Å². The molecule has 0 radical (unpaired) electrons. The molecule has 8 heteroatoms. The highest BCUT2D eigenvalue weighted by Crippen LogP contribution is 2.42. The summed E-state index contributed by atoms with van der Waals surface area (Å²) in [7, 11) is 3.15. The molecule has 234 valence electrons. The Balaban J connectivity index is 1.90. The highest BCUT2D eigenvalue weighted by Gasteiger charge is 2.28. The van der Waals surface area contributed by atoms with E-state index in [2.05, 4.69) is 10.6 Å². The summed E-state index contributed by atoms with van der Waals surface area (Å²) in [6.45, 7) is 24.6. The minimum Gasteiger partial charge on any atom is -0.507 e. The Morgan fingerprint density at radius 3 is 1.00 bits per heavy atom. The Labute approximate surface area is 261 Å².